The number of carbonyl (C=O) groups excluding carboxylic acids is 1. The average Bonchev–Trinajstić information content (AvgIpc) is 2.60. The highest BCUT2D eigenvalue weighted by atomic mass is 32.2. The molecule has 1 fully saturated rings. The number of allylic oxidation sites excluding steroid dienone is 1. The van der Waals surface area contributed by atoms with Gasteiger partial charge in [-0.05, 0) is 43.9 Å². The lowest BCUT2D eigenvalue weighted by molar-refractivity contribution is -0.127. The molecule has 1 aromatic rings. The van der Waals surface area contributed by atoms with Crippen LogP contribution in [0.5, 0.6) is 0 Å². The minimum Gasteiger partial charge on any atom is -0.337 e. The van der Waals surface area contributed by atoms with Gasteiger partial charge in [-0.1, -0.05) is 31.6 Å². The van der Waals surface area contributed by atoms with Gasteiger partial charge < -0.3 is 4.90 Å². The number of nitrogens with zero attached hydrogens (tertiary/aromatic N) is 2. The third-order valence-electron chi connectivity index (χ3n) is 4.66. The molecular weight excluding hydrogens is 336 g/mol. The molecule has 2 rings (SSSR count). The highest BCUT2D eigenvalue weighted by Crippen LogP contribution is 2.23. The topological polar surface area (TPSA) is 57.7 Å². The Morgan fingerprint density at radius 1 is 1.12 bits per heavy atom. The standard InChI is InChI=1S/C19H28N2O3S/c1-5-16(4)17-6-8-18(9-7-17)25(23,24)21-12-10-20(11-13-21)19(22)14-15(2)3/h6-9,14,16H,5,10-13H2,1-4H3. The maximum Gasteiger partial charge on any atom is 0.246 e. The molecular formula is C19H28N2O3S. The van der Waals surface area contributed by atoms with Gasteiger partial charge in [0.2, 0.25) is 15.9 Å². The first-order valence-electron chi connectivity index (χ1n) is 8.79. The van der Waals surface area contributed by atoms with Crippen LogP contribution in [0.3, 0.4) is 0 Å². The molecule has 1 aromatic carbocycles. The number of piperazine rings is 1. The van der Waals surface area contributed by atoms with E-state index in [9.17, 15) is 13.2 Å². The SMILES string of the molecule is CCC(C)c1ccc(S(=O)(=O)N2CCN(C(=O)C=C(C)C)CC2)cc1. The molecule has 1 unspecified atom stereocenters. The molecule has 1 atom stereocenters. The minimum atomic E-state index is -3.50. The third kappa shape index (κ3) is 4.70. The van der Waals surface area contributed by atoms with Crippen LogP contribution in [-0.2, 0) is 14.8 Å². The van der Waals surface area contributed by atoms with E-state index in [0.717, 1.165) is 17.6 Å². The van der Waals surface area contributed by atoms with Gasteiger partial charge in [0.1, 0.15) is 0 Å². The van der Waals surface area contributed by atoms with Gasteiger partial charge in [-0.15, -0.1) is 0 Å². The van der Waals surface area contributed by atoms with Crippen LogP contribution in [0.2, 0.25) is 0 Å². The zero-order chi connectivity index (χ0) is 18.6. The number of carbonyl (C=O) groups is 1. The van der Waals surface area contributed by atoms with E-state index >= 15 is 0 Å². The van der Waals surface area contributed by atoms with E-state index in [1.165, 1.54) is 4.31 Å². The largest absolute Gasteiger partial charge is 0.337 e. The summed E-state index contributed by atoms with van der Waals surface area (Å²) in [5, 5.41) is 0. The van der Waals surface area contributed by atoms with Crippen molar-refractivity contribution in [3.8, 4) is 0 Å². The quantitative estimate of drug-likeness (QED) is 0.755. The van der Waals surface area contributed by atoms with Crippen LogP contribution in [0.4, 0.5) is 0 Å². The molecule has 1 heterocycles. The molecule has 1 saturated heterocycles. The van der Waals surface area contributed by atoms with Gasteiger partial charge >= 0.3 is 0 Å². The summed E-state index contributed by atoms with van der Waals surface area (Å²) in [5.74, 6) is 0.372. The summed E-state index contributed by atoms with van der Waals surface area (Å²) in [6, 6.07) is 7.18. The van der Waals surface area contributed by atoms with Crippen LogP contribution in [0, 0.1) is 0 Å². The molecule has 1 aliphatic heterocycles. The fourth-order valence-corrected chi connectivity index (χ4v) is 4.26. The molecule has 0 aromatic heterocycles. The first-order valence-corrected chi connectivity index (χ1v) is 10.2. The van der Waals surface area contributed by atoms with Gasteiger partial charge in [0, 0.05) is 32.3 Å². The number of amides is 1. The zero-order valence-corrected chi connectivity index (χ0v) is 16.3. The molecule has 0 radical (unpaired) electrons. The van der Waals surface area contributed by atoms with Crippen molar-refractivity contribution >= 4 is 15.9 Å². The Hall–Kier alpha value is -1.66. The Labute approximate surface area is 151 Å². The van der Waals surface area contributed by atoms with E-state index < -0.39 is 10.0 Å². The Balaban J connectivity index is 2.06. The number of rotatable bonds is 5. The molecule has 5 nitrogen and oxygen atoms in total. The van der Waals surface area contributed by atoms with Gasteiger partial charge in [-0.3, -0.25) is 4.79 Å². The Morgan fingerprint density at radius 3 is 2.16 bits per heavy atom. The predicted molar refractivity (Wildman–Crippen MR) is 99.9 cm³/mol. The summed E-state index contributed by atoms with van der Waals surface area (Å²) in [6.07, 6.45) is 2.62. The van der Waals surface area contributed by atoms with Crippen molar-refractivity contribution in [3.63, 3.8) is 0 Å². The summed E-state index contributed by atoms with van der Waals surface area (Å²) < 4.78 is 27.1. The Bertz CT molecular complexity index is 726. The van der Waals surface area contributed by atoms with Crippen LogP contribution < -0.4 is 0 Å². The molecule has 25 heavy (non-hydrogen) atoms. The number of hydrogen-bond donors (Lipinski definition) is 0. The second kappa shape index (κ2) is 8.15. The fourth-order valence-electron chi connectivity index (χ4n) is 2.84. The van der Waals surface area contributed by atoms with Crippen molar-refractivity contribution in [1.82, 2.24) is 9.21 Å². The van der Waals surface area contributed by atoms with E-state index in [0.29, 0.717) is 37.0 Å². The van der Waals surface area contributed by atoms with E-state index in [-0.39, 0.29) is 5.91 Å². The minimum absolute atomic E-state index is 0.0463. The molecule has 0 N–H and O–H groups in total. The monoisotopic (exact) mass is 364 g/mol. The number of sulfonamides is 1. The van der Waals surface area contributed by atoms with Gasteiger partial charge in [0.15, 0.2) is 0 Å². The molecule has 0 aliphatic carbocycles. The molecule has 1 aliphatic rings. The van der Waals surface area contributed by atoms with E-state index in [1.807, 2.05) is 26.0 Å². The number of hydrogen-bond acceptors (Lipinski definition) is 3. The lowest BCUT2D eigenvalue weighted by Crippen LogP contribution is -2.50. The summed E-state index contributed by atoms with van der Waals surface area (Å²) >= 11 is 0. The molecule has 1 amide bonds. The van der Waals surface area contributed by atoms with Crippen molar-refractivity contribution in [3.05, 3.63) is 41.5 Å². The van der Waals surface area contributed by atoms with Crippen LogP contribution >= 0.6 is 0 Å². The van der Waals surface area contributed by atoms with Crippen molar-refractivity contribution in [1.29, 1.82) is 0 Å². The maximum atomic E-state index is 12.8. The third-order valence-corrected chi connectivity index (χ3v) is 6.57. The van der Waals surface area contributed by atoms with Crippen LogP contribution in [0.15, 0.2) is 40.8 Å². The second-order valence-corrected chi connectivity index (χ2v) is 8.77. The molecule has 138 valence electrons. The first-order chi connectivity index (χ1) is 11.8. The van der Waals surface area contributed by atoms with Crippen LogP contribution in [0.25, 0.3) is 0 Å². The maximum absolute atomic E-state index is 12.8. The highest BCUT2D eigenvalue weighted by Gasteiger charge is 2.29. The van der Waals surface area contributed by atoms with Gasteiger partial charge in [0.05, 0.1) is 4.90 Å². The summed E-state index contributed by atoms with van der Waals surface area (Å²) in [4.78, 5) is 14.1. The van der Waals surface area contributed by atoms with Gasteiger partial charge in [0.25, 0.3) is 0 Å². The lowest BCUT2D eigenvalue weighted by atomic mass is 9.99. The Morgan fingerprint density at radius 2 is 1.68 bits per heavy atom. The second-order valence-electron chi connectivity index (χ2n) is 6.83. The van der Waals surface area contributed by atoms with Gasteiger partial charge in [-0.25, -0.2) is 8.42 Å². The fraction of sp³-hybridized carbons (Fsp3) is 0.526. The van der Waals surface area contributed by atoms with Crippen molar-refractivity contribution in [2.75, 3.05) is 26.2 Å². The summed E-state index contributed by atoms with van der Waals surface area (Å²) in [5.41, 5.74) is 2.10. The molecule has 0 saturated carbocycles. The molecule has 0 spiro atoms. The first kappa shape index (κ1) is 19.7. The van der Waals surface area contributed by atoms with E-state index in [4.69, 9.17) is 0 Å². The normalized spacial score (nSPS) is 17.2. The van der Waals surface area contributed by atoms with Crippen LogP contribution in [0.1, 0.15) is 45.6 Å². The molecule has 6 heteroatoms. The molecule has 0 bridgehead atoms. The van der Waals surface area contributed by atoms with Gasteiger partial charge in [-0.2, -0.15) is 4.31 Å². The predicted octanol–water partition coefficient (Wildman–Crippen LogP) is 3.00. The zero-order valence-electron chi connectivity index (χ0n) is 15.5. The van der Waals surface area contributed by atoms with Crippen molar-refractivity contribution in [2.45, 2.75) is 44.9 Å². The van der Waals surface area contributed by atoms with Crippen molar-refractivity contribution in [2.24, 2.45) is 0 Å². The summed E-state index contributed by atoms with van der Waals surface area (Å²) in [7, 11) is -3.50. The average molecular weight is 365 g/mol. The van der Waals surface area contributed by atoms with Crippen molar-refractivity contribution < 1.29 is 13.2 Å². The highest BCUT2D eigenvalue weighted by molar-refractivity contribution is 7.89. The van der Waals surface area contributed by atoms with Crippen LogP contribution in [-0.4, -0.2) is 49.7 Å². The van der Waals surface area contributed by atoms with E-state index in [2.05, 4.69) is 13.8 Å². The lowest BCUT2D eigenvalue weighted by Gasteiger charge is -2.33. The number of benzene rings is 1. The summed E-state index contributed by atoms with van der Waals surface area (Å²) in [6.45, 7) is 9.51. The Kier molecular flexibility index (Phi) is 6.41. The van der Waals surface area contributed by atoms with E-state index in [1.54, 1.807) is 23.1 Å². The smallest absolute Gasteiger partial charge is 0.246 e.